The van der Waals surface area contributed by atoms with E-state index in [0.29, 0.717) is 22.6 Å². The molecule has 0 fully saturated rings. The van der Waals surface area contributed by atoms with Crippen LogP contribution in [0.4, 0.5) is 0 Å². The molecule has 0 radical (unpaired) electrons. The molecule has 0 aliphatic heterocycles. The van der Waals surface area contributed by atoms with E-state index in [1.54, 1.807) is 6.20 Å². The van der Waals surface area contributed by atoms with Crippen molar-refractivity contribution < 1.29 is 4.42 Å². The number of oxazole rings is 1. The fraction of sp³-hybridized carbons (Fsp3) is 0.250. The largest absolute Gasteiger partial charge is 0.430 e. The fourth-order valence-corrected chi connectivity index (χ4v) is 1.25. The molecule has 2 heterocycles. The van der Waals surface area contributed by atoms with Crippen molar-refractivity contribution >= 4 is 23.2 Å². The van der Waals surface area contributed by atoms with Crippen LogP contribution in [0.1, 0.15) is 11.4 Å². The number of hydrogen-bond acceptors (Lipinski definition) is 3. The Labute approximate surface area is 90.4 Å². The maximum absolute atomic E-state index is 5.84. The molecule has 0 aromatic carbocycles. The summed E-state index contributed by atoms with van der Waals surface area (Å²) in [5.74, 6) is 0.317. The summed E-state index contributed by atoms with van der Waals surface area (Å²) in [4.78, 5) is 4.10. The van der Waals surface area contributed by atoms with Crippen LogP contribution in [0.25, 0.3) is 6.01 Å². The summed E-state index contributed by atoms with van der Waals surface area (Å²) >= 11 is 11.4. The van der Waals surface area contributed by atoms with Crippen LogP contribution in [0.15, 0.2) is 16.9 Å². The molecule has 2 aromatic heterocycles. The van der Waals surface area contributed by atoms with Crippen LogP contribution in [0.2, 0.25) is 5.02 Å². The number of alkyl halides is 1. The van der Waals surface area contributed by atoms with Crippen molar-refractivity contribution in [3.8, 4) is 6.01 Å². The highest BCUT2D eigenvalue weighted by atomic mass is 35.5. The molecular formula is C8H7Cl2N3O. The van der Waals surface area contributed by atoms with Crippen molar-refractivity contribution in [1.82, 2.24) is 14.8 Å². The van der Waals surface area contributed by atoms with Gasteiger partial charge in [0.1, 0.15) is 6.26 Å². The molecule has 2 rings (SSSR count). The number of rotatable bonds is 2. The predicted octanol–water partition coefficient (Wildman–Crippen LogP) is 2.56. The summed E-state index contributed by atoms with van der Waals surface area (Å²) in [6, 6.07) is 0.371. The molecule has 0 spiro atoms. The van der Waals surface area contributed by atoms with Crippen LogP contribution in [0.3, 0.4) is 0 Å². The van der Waals surface area contributed by atoms with Gasteiger partial charge in [0, 0.05) is 0 Å². The molecule has 2 aromatic rings. The first-order chi connectivity index (χ1) is 6.70. The van der Waals surface area contributed by atoms with Gasteiger partial charge in [-0.3, -0.25) is 0 Å². The van der Waals surface area contributed by atoms with E-state index >= 15 is 0 Å². The minimum atomic E-state index is 0.317. The Kier molecular flexibility index (Phi) is 2.48. The van der Waals surface area contributed by atoms with Crippen molar-refractivity contribution in [2.75, 3.05) is 0 Å². The minimum absolute atomic E-state index is 0.317. The highest BCUT2D eigenvalue weighted by Gasteiger charge is 2.08. The summed E-state index contributed by atoms with van der Waals surface area (Å²) in [6.07, 6.45) is 3.13. The molecule has 0 aliphatic carbocycles. The van der Waals surface area contributed by atoms with E-state index in [2.05, 4.69) is 10.1 Å². The second-order valence-electron chi connectivity index (χ2n) is 2.76. The van der Waals surface area contributed by atoms with Gasteiger partial charge in [0.2, 0.25) is 0 Å². The lowest BCUT2D eigenvalue weighted by Crippen LogP contribution is -1.95. The smallest absolute Gasteiger partial charge is 0.322 e. The molecule has 6 heteroatoms. The van der Waals surface area contributed by atoms with Gasteiger partial charge < -0.3 is 4.42 Å². The number of aryl methyl sites for hydroxylation is 1. The Hall–Kier alpha value is -1.00. The van der Waals surface area contributed by atoms with Crippen molar-refractivity contribution in [1.29, 1.82) is 0 Å². The molecular weight excluding hydrogens is 225 g/mol. The number of halogens is 2. The van der Waals surface area contributed by atoms with E-state index in [1.165, 1.54) is 10.9 Å². The molecule has 14 heavy (non-hydrogen) atoms. The Morgan fingerprint density at radius 1 is 1.57 bits per heavy atom. The molecule has 0 N–H and O–H groups in total. The summed E-state index contributed by atoms with van der Waals surface area (Å²) in [6.45, 7) is 1.81. The van der Waals surface area contributed by atoms with Crippen LogP contribution in [0.5, 0.6) is 0 Å². The topological polar surface area (TPSA) is 43.9 Å². The minimum Gasteiger partial charge on any atom is -0.430 e. The Bertz CT molecular complexity index is 430. The predicted molar refractivity (Wildman–Crippen MR) is 52.9 cm³/mol. The summed E-state index contributed by atoms with van der Waals surface area (Å²) in [5, 5.41) is 4.69. The molecule has 0 saturated carbocycles. The standard InChI is InChI=1S/C8H7Cl2N3O/c1-5-7(10)3-13(12-5)8-11-6(2-9)4-14-8/h3-4H,2H2,1H3. The second kappa shape index (κ2) is 3.63. The second-order valence-corrected chi connectivity index (χ2v) is 3.44. The van der Waals surface area contributed by atoms with Gasteiger partial charge >= 0.3 is 6.01 Å². The van der Waals surface area contributed by atoms with Crippen LogP contribution in [-0.4, -0.2) is 14.8 Å². The first-order valence-electron chi connectivity index (χ1n) is 3.93. The monoisotopic (exact) mass is 231 g/mol. The third-order valence-corrected chi connectivity index (χ3v) is 2.36. The third-order valence-electron chi connectivity index (χ3n) is 1.71. The van der Waals surface area contributed by atoms with Gasteiger partial charge in [0.25, 0.3) is 0 Å². The van der Waals surface area contributed by atoms with E-state index in [9.17, 15) is 0 Å². The number of hydrogen-bond donors (Lipinski definition) is 0. The molecule has 0 aliphatic rings. The van der Waals surface area contributed by atoms with E-state index in [-0.39, 0.29) is 0 Å². The van der Waals surface area contributed by atoms with Crippen LogP contribution in [0, 0.1) is 6.92 Å². The van der Waals surface area contributed by atoms with Gasteiger partial charge in [0.15, 0.2) is 0 Å². The van der Waals surface area contributed by atoms with E-state index in [0.717, 1.165) is 5.69 Å². The summed E-state index contributed by atoms with van der Waals surface area (Å²) < 4.78 is 6.64. The summed E-state index contributed by atoms with van der Waals surface area (Å²) in [5.41, 5.74) is 1.41. The van der Waals surface area contributed by atoms with Crippen LogP contribution < -0.4 is 0 Å². The maximum Gasteiger partial charge on any atom is 0.322 e. The normalized spacial score (nSPS) is 10.8. The molecule has 0 atom stereocenters. The van der Waals surface area contributed by atoms with Gasteiger partial charge in [0.05, 0.1) is 28.5 Å². The van der Waals surface area contributed by atoms with E-state index in [1.807, 2.05) is 6.92 Å². The highest BCUT2D eigenvalue weighted by molar-refractivity contribution is 6.31. The average molecular weight is 232 g/mol. The van der Waals surface area contributed by atoms with Crippen molar-refractivity contribution in [3.05, 3.63) is 28.9 Å². The van der Waals surface area contributed by atoms with Crippen molar-refractivity contribution in [3.63, 3.8) is 0 Å². The number of nitrogens with zero attached hydrogens (tertiary/aromatic N) is 3. The average Bonchev–Trinajstić information content (AvgIpc) is 2.74. The molecule has 0 saturated heterocycles. The van der Waals surface area contributed by atoms with Gasteiger partial charge in [-0.25, -0.2) is 0 Å². The fourth-order valence-electron chi connectivity index (χ4n) is 1.000. The molecule has 0 bridgehead atoms. The number of aromatic nitrogens is 3. The molecule has 74 valence electrons. The maximum atomic E-state index is 5.84. The quantitative estimate of drug-likeness (QED) is 0.747. The van der Waals surface area contributed by atoms with Crippen molar-refractivity contribution in [2.45, 2.75) is 12.8 Å². The molecule has 0 amide bonds. The van der Waals surface area contributed by atoms with Gasteiger partial charge in [-0.05, 0) is 6.92 Å². The SMILES string of the molecule is Cc1nn(-c2nc(CCl)co2)cc1Cl. The Balaban J connectivity index is 2.39. The zero-order valence-electron chi connectivity index (χ0n) is 7.37. The first kappa shape index (κ1) is 9.55. The van der Waals surface area contributed by atoms with Gasteiger partial charge in [-0.2, -0.15) is 14.8 Å². The Morgan fingerprint density at radius 2 is 2.36 bits per heavy atom. The summed E-state index contributed by atoms with van der Waals surface area (Å²) in [7, 11) is 0. The van der Waals surface area contributed by atoms with Crippen LogP contribution in [-0.2, 0) is 5.88 Å². The lowest BCUT2D eigenvalue weighted by molar-refractivity contribution is 0.508. The van der Waals surface area contributed by atoms with E-state index in [4.69, 9.17) is 27.6 Å². The van der Waals surface area contributed by atoms with Gasteiger partial charge in [-0.15, -0.1) is 11.6 Å². The third kappa shape index (κ3) is 1.63. The zero-order chi connectivity index (χ0) is 10.1. The lowest BCUT2D eigenvalue weighted by atomic mass is 10.5. The van der Waals surface area contributed by atoms with E-state index < -0.39 is 0 Å². The Morgan fingerprint density at radius 3 is 2.86 bits per heavy atom. The molecule has 0 unspecified atom stereocenters. The highest BCUT2D eigenvalue weighted by Crippen LogP contribution is 2.16. The zero-order valence-corrected chi connectivity index (χ0v) is 8.88. The van der Waals surface area contributed by atoms with Crippen molar-refractivity contribution in [2.24, 2.45) is 0 Å². The lowest BCUT2D eigenvalue weighted by Gasteiger charge is -1.90. The molecule has 4 nitrogen and oxygen atoms in total. The first-order valence-corrected chi connectivity index (χ1v) is 4.84. The van der Waals surface area contributed by atoms with Gasteiger partial charge in [-0.1, -0.05) is 11.6 Å². The van der Waals surface area contributed by atoms with Crippen LogP contribution >= 0.6 is 23.2 Å².